The highest BCUT2D eigenvalue weighted by Gasteiger charge is 2.16. The molecule has 0 N–H and O–H groups in total. The summed E-state index contributed by atoms with van der Waals surface area (Å²) < 4.78 is 1.06. The van der Waals surface area contributed by atoms with Gasteiger partial charge >= 0.3 is 0 Å². The Morgan fingerprint density at radius 2 is 1.96 bits per heavy atom. The van der Waals surface area contributed by atoms with Crippen molar-refractivity contribution in [3.05, 3.63) is 74.2 Å². The fourth-order valence-corrected chi connectivity index (χ4v) is 2.18. The molecule has 0 radical (unpaired) electrons. The van der Waals surface area contributed by atoms with Crippen LogP contribution in [-0.2, 0) is 17.9 Å². The highest BCUT2D eigenvalue weighted by atomic mass is 16.6. The van der Waals surface area contributed by atoms with E-state index in [9.17, 15) is 19.7 Å². The molecule has 0 atom stereocenters. The summed E-state index contributed by atoms with van der Waals surface area (Å²) >= 11 is 0. The van der Waals surface area contributed by atoms with Gasteiger partial charge in [-0.2, -0.15) is 0 Å². The zero-order valence-electron chi connectivity index (χ0n) is 12.9. The van der Waals surface area contributed by atoms with Crippen molar-refractivity contribution in [1.29, 1.82) is 0 Å². The highest BCUT2D eigenvalue weighted by molar-refractivity contribution is 5.75. The lowest BCUT2D eigenvalue weighted by atomic mass is 10.2. The average molecular weight is 315 g/mol. The van der Waals surface area contributed by atoms with Gasteiger partial charge in [0.2, 0.25) is 5.91 Å². The van der Waals surface area contributed by atoms with E-state index < -0.39 is 10.5 Å². The molecule has 0 saturated heterocycles. The van der Waals surface area contributed by atoms with Crippen molar-refractivity contribution in [3.8, 4) is 0 Å². The predicted molar refractivity (Wildman–Crippen MR) is 85.0 cm³/mol. The van der Waals surface area contributed by atoms with Gasteiger partial charge in [-0.25, -0.2) is 0 Å². The van der Waals surface area contributed by atoms with E-state index in [1.807, 2.05) is 30.3 Å². The maximum Gasteiger partial charge on any atom is 0.288 e. The summed E-state index contributed by atoms with van der Waals surface area (Å²) in [6, 6.07) is 10.6. The lowest BCUT2D eigenvalue weighted by molar-refractivity contribution is -0.385. The number of aryl methyl sites for hydroxylation is 1. The molecule has 120 valence electrons. The number of amides is 1. The quantitative estimate of drug-likeness (QED) is 0.621. The SMILES string of the molecule is Cc1cc(=O)n(CC(=O)N(C)Cc2ccccc2)cc1[N+](=O)[O-]. The Balaban J connectivity index is 2.15. The van der Waals surface area contributed by atoms with Crippen LogP contribution in [0.3, 0.4) is 0 Å². The van der Waals surface area contributed by atoms with Gasteiger partial charge in [0.25, 0.3) is 11.2 Å². The minimum Gasteiger partial charge on any atom is -0.340 e. The molecule has 0 spiro atoms. The summed E-state index contributed by atoms with van der Waals surface area (Å²) in [5.41, 5.74) is 0.629. The maximum atomic E-state index is 12.2. The average Bonchev–Trinajstić information content (AvgIpc) is 2.50. The second-order valence-corrected chi connectivity index (χ2v) is 5.30. The van der Waals surface area contributed by atoms with Crippen LogP contribution in [0.2, 0.25) is 0 Å². The number of carbonyl (C=O) groups excluding carboxylic acids is 1. The van der Waals surface area contributed by atoms with E-state index in [0.29, 0.717) is 6.54 Å². The Morgan fingerprint density at radius 1 is 1.30 bits per heavy atom. The topological polar surface area (TPSA) is 85.5 Å². The summed E-state index contributed by atoms with van der Waals surface area (Å²) in [4.78, 5) is 36.0. The summed E-state index contributed by atoms with van der Waals surface area (Å²) in [5, 5.41) is 10.9. The first kappa shape index (κ1) is 16.4. The zero-order valence-corrected chi connectivity index (χ0v) is 12.9. The van der Waals surface area contributed by atoms with Gasteiger partial charge in [0, 0.05) is 25.2 Å². The Kier molecular flexibility index (Phi) is 4.90. The molecular formula is C16H17N3O4. The number of nitro groups is 1. The van der Waals surface area contributed by atoms with Crippen molar-refractivity contribution in [1.82, 2.24) is 9.47 Å². The van der Waals surface area contributed by atoms with Crippen LogP contribution in [0.4, 0.5) is 5.69 Å². The van der Waals surface area contributed by atoms with Gasteiger partial charge in [0.15, 0.2) is 0 Å². The predicted octanol–water partition coefficient (Wildman–Crippen LogP) is 1.72. The van der Waals surface area contributed by atoms with Gasteiger partial charge in [0.1, 0.15) is 6.54 Å². The molecule has 2 aromatic rings. The van der Waals surface area contributed by atoms with Crippen LogP contribution in [0.5, 0.6) is 0 Å². The molecule has 1 amide bonds. The number of hydrogen-bond donors (Lipinski definition) is 0. The molecule has 23 heavy (non-hydrogen) atoms. The highest BCUT2D eigenvalue weighted by Crippen LogP contribution is 2.14. The van der Waals surface area contributed by atoms with E-state index >= 15 is 0 Å². The number of hydrogen-bond acceptors (Lipinski definition) is 4. The first-order chi connectivity index (χ1) is 10.9. The van der Waals surface area contributed by atoms with Gasteiger partial charge in [0.05, 0.1) is 11.1 Å². The molecule has 0 bridgehead atoms. The van der Waals surface area contributed by atoms with Gasteiger partial charge in [-0.3, -0.25) is 24.3 Å². The number of benzene rings is 1. The Morgan fingerprint density at radius 3 is 2.57 bits per heavy atom. The van der Waals surface area contributed by atoms with Crippen molar-refractivity contribution in [3.63, 3.8) is 0 Å². The summed E-state index contributed by atoms with van der Waals surface area (Å²) in [5.74, 6) is -0.297. The van der Waals surface area contributed by atoms with Crippen LogP contribution in [-0.4, -0.2) is 27.3 Å². The number of rotatable bonds is 5. The van der Waals surface area contributed by atoms with Gasteiger partial charge in [-0.05, 0) is 12.5 Å². The Labute approximate surface area is 132 Å². The molecule has 1 aromatic carbocycles. The van der Waals surface area contributed by atoms with Crippen molar-refractivity contribution in [2.45, 2.75) is 20.0 Å². The Bertz CT molecular complexity index is 784. The van der Waals surface area contributed by atoms with E-state index in [4.69, 9.17) is 0 Å². The molecular weight excluding hydrogens is 298 g/mol. The molecule has 7 heteroatoms. The van der Waals surface area contributed by atoms with Crippen LogP contribution in [0.15, 0.2) is 47.4 Å². The minimum absolute atomic E-state index is 0.178. The van der Waals surface area contributed by atoms with Gasteiger partial charge in [-0.1, -0.05) is 30.3 Å². The first-order valence-electron chi connectivity index (χ1n) is 7.02. The van der Waals surface area contributed by atoms with Crippen molar-refractivity contribution >= 4 is 11.6 Å². The van der Waals surface area contributed by atoms with E-state index in [0.717, 1.165) is 16.3 Å². The van der Waals surface area contributed by atoms with Crippen LogP contribution < -0.4 is 5.56 Å². The Hall–Kier alpha value is -2.96. The van der Waals surface area contributed by atoms with Gasteiger partial charge < -0.3 is 4.90 Å². The molecule has 0 aliphatic heterocycles. The summed E-state index contributed by atoms with van der Waals surface area (Å²) in [6.07, 6.45) is 1.12. The third-order valence-electron chi connectivity index (χ3n) is 3.50. The van der Waals surface area contributed by atoms with Crippen LogP contribution in [0, 0.1) is 17.0 Å². The molecule has 1 heterocycles. The van der Waals surface area contributed by atoms with Crippen LogP contribution in [0.1, 0.15) is 11.1 Å². The molecule has 0 aliphatic carbocycles. The lowest BCUT2D eigenvalue weighted by Gasteiger charge is -2.18. The normalized spacial score (nSPS) is 10.3. The summed E-state index contributed by atoms with van der Waals surface area (Å²) in [6.45, 7) is 1.67. The largest absolute Gasteiger partial charge is 0.340 e. The van der Waals surface area contributed by atoms with E-state index in [-0.39, 0.29) is 23.7 Å². The third-order valence-corrected chi connectivity index (χ3v) is 3.50. The van der Waals surface area contributed by atoms with Crippen molar-refractivity contribution in [2.24, 2.45) is 0 Å². The van der Waals surface area contributed by atoms with Crippen molar-refractivity contribution in [2.75, 3.05) is 7.05 Å². The maximum absolute atomic E-state index is 12.2. The number of aromatic nitrogens is 1. The number of pyridine rings is 1. The molecule has 0 aliphatic rings. The third kappa shape index (κ3) is 4.03. The standard InChI is InChI=1S/C16H17N3O4/c1-12-8-15(20)18(10-14(12)19(22)23)11-16(21)17(2)9-13-6-4-3-5-7-13/h3-8,10H,9,11H2,1-2H3. The minimum atomic E-state index is -0.566. The van der Waals surface area contributed by atoms with Gasteiger partial charge in [-0.15, -0.1) is 0 Å². The fourth-order valence-electron chi connectivity index (χ4n) is 2.18. The molecule has 2 rings (SSSR count). The molecule has 7 nitrogen and oxygen atoms in total. The fraction of sp³-hybridized carbons (Fsp3) is 0.250. The smallest absolute Gasteiger partial charge is 0.288 e. The lowest BCUT2D eigenvalue weighted by Crippen LogP contribution is -2.33. The van der Waals surface area contributed by atoms with E-state index in [1.54, 1.807) is 7.05 Å². The molecule has 0 fully saturated rings. The molecule has 0 saturated carbocycles. The monoisotopic (exact) mass is 315 g/mol. The molecule has 1 aromatic heterocycles. The number of carbonyl (C=O) groups is 1. The van der Waals surface area contributed by atoms with Crippen molar-refractivity contribution < 1.29 is 9.72 Å². The van der Waals surface area contributed by atoms with E-state index in [2.05, 4.69) is 0 Å². The van der Waals surface area contributed by atoms with Crippen LogP contribution >= 0.6 is 0 Å². The second-order valence-electron chi connectivity index (χ2n) is 5.30. The van der Waals surface area contributed by atoms with Crippen LogP contribution in [0.25, 0.3) is 0 Å². The molecule has 0 unspecified atom stereocenters. The number of likely N-dealkylation sites (N-methyl/N-ethyl adjacent to an activating group) is 1. The van der Waals surface area contributed by atoms with E-state index in [1.165, 1.54) is 17.9 Å². The first-order valence-corrected chi connectivity index (χ1v) is 7.02. The zero-order chi connectivity index (χ0) is 17.0. The second kappa shape index (κ2) is 6.87. The summed E-state index contributed by atoms with van der Waals surface area (Å²) in [7, 11) is 1.63. The number of nitrogens with zero attached hydrogens (tertiary/aromatic N) is 3.